The normalized spacial score (nSPS) is 13.4. The van der Waals surface area contributed by atoms with E-state index in [9.17, 15) is 14.4 Å². The quantitative estimate of drug-likeness (QED) is 0.730. The molecule has 7 nitrogen and oxygen atoms in total. The van der Waals surface area contributed by atoms with Gasteiger partial charge in [0.2, 0.25) is 5.91 Å². The lowest BCUT2D eigenvalue weighted by molar-refractivity contribution is -0.123. The van der Waals surface area contributed by atoms with Crippen LogP contribution in [0.4, 0.5) is 5.69 Å². The second kappa shape index (κ2) is 9.03. The summed E-state index contributed by atoms with van der Waals surface area (Å²) in [4.78, 5) is 36.5. The number of ether oxygens (including phenoxy) is 1. The summed E-state index contributed by atoms with van der Waals surface area (Å²) in [6.07, 6.45) is 1.93. The van der Waals surface area contributed by atoms with Crippen molar-refractivity contribution in [1.29, 1.82) is 0 Å². The van der Waals surface area contributed by atoms with Gasteiger partial charge in [-0.1, -0.05) is 18.2 Å². The van der Waals surface area contributed by atoms with Crippen LogP contribution in [0.15, 0.2) is 48.5 Å². The first kappa shape index (κ1) is 19.4. The van der Waals surface area contributed by atoms with Gasteiger partial charge in [0.05, 0.1) is 5.56 Å². The van der Waals surface area contributed by atoms with Gasteiger partial charge in [-0.15, -0.1) is 0 Å². The molecule has 0 saturated carbocycles. The summed E-state index contributed by atoms with van der Waals surface area (Å²) in [5, 5.41) is 11.7. The number of hydrogen-bond acceptors (Lipinski definition) is 4. The summed E-state index contributed by atoms with van der Waals surface area (Å²) >= 11 is 0. The minimum absolute atomic E-state index is 0.0989. The lowest BCUT2D eigenvalue weighted by Crippen LogP contribution is -2.30. The highest BCUT2D eigenvalue weighted by molar-refractivity contribution is 5.95. The Bertz CT molecular complexity index is 881. The maximum Gasteiger partial charge on any atom is 0.335 e. The van der Waals surface area contributed by atoms with Gasteiger partial charge in [-0.05, 0) is 42.7 Å². The SMILES string of the molecule is O=C(COc1cccc(N2CCCC2=O)c1)NCCc1cccc(C(=O)O)c1. The molecule has 0 aliphatic carbocycles. The van der Waals surface area contributed by atoms with E-state index in [0.717, 1.165) is 17.7 Å². The number of benzene rings is 2. The molecular weight excluding hydrogens is 360 g/mol. The molecule has 0 atom stereocenters. The number of carbonyl (C=O) groups excluding carboxylic acids is 2. The van der Waals surface area contributed by atoms with Gasteiger partial charge in [0.1, 0.15) is 5.75 Å². The summed E-state index contributed by atoms with van der Waals surface area (Å²) in [6, 6.07) is 13.8. The van der Waals surface area contributed by atoms with Gasteiger partial charge >= 0.3 is 5.97 Å². The van der Waals surface area contributed by atoms with Crippen molar-refractivity contribution in [1.82, 2.24) is 5.32 Å². The van der Waals surface area contributed by atoms with Gasteiger partial charge in [0, 0.05) is 31.3 Å². The maximum atomic E-state index is 12.0. The zero-order valence-electron chi connectivity index (χ0n) is 15.4. The van der Waals surface area contributed by atoms with Gasteiger partial charge in [0.15, 0.2) is 6.61 Å². The van der Waals surface area contributed by atoms with Crippen molar-refractivity contribution in [2.45, 2.75) is 19.3 Å². The van der Waals surface area contributed by atoms with Crippen molar-refractivity contribution in [2.24, 2.45) is 0 Å². The van der Waals surface area contributed by atoms with E-state index < -0.39 is 5.97 Å². The molecule has 0 aromatic heterocycles. The van der Waals surface area contributed by atoms with Crippen LogP contribution in [0, 0.1) is 0 Å². The molecule has 1 aliphatic rings. The molecule has 2 amide bonds. The molecular formula is C21H22N2O5. The number of carboxylic acids is 1. The predicted molar refractivity (Wildman–Crippen MR) is 104 cm³/mol. The van der Waals surface area contributed by atoms with Gasteiger partial charge in [0.25, 0.3) is 5.91 Å². The standard InChI is InChI=1S/C21H22N2O5/c24-19(22-10-9-15-4-1-5-16(12-15)21(26)27)14-28-18-7-2-6-17(13-18)23-11-3-8-20(23)25/h1-2,4-7,12-13H,3,8-11,14H2,(H,22,24)(H,26,27). The van der Waals surface area contributed by atoms with Crippen molar-refractivity contribution in [2.75, 3.05) is 24.6 Å². The van der Waals surface area contributed by atoms with Crippen LogP contribution < -0.4 is 15.0 Å². The average molecular weight is 382 g/mol. The minimum Gasteiger partial charge on any atom is -0.484 e. The third-order valence-electron chi connectivity index (χ3n) is 4.48. The number of amides is 2. The van der Waals surface area contributed by atoms with Crippen LogP contribution in [0.25, 0.3) is 0 Å². The lowest BCUT2D eigenvalue weighted by Gasteiger charge is -2.16. The fourth-order valence-electron chi connectivity index (χ4n) is 3.07. The molecule has 7 heteroatoms. The summed E-state index contributed by atoms with van der Waals surface area (Å²) in [6.45, 7) is 0.950. The predicted octanol–water partition coefficient (Wildman–Crippen LogP) is 2.25. The first-order valence-corrected chi connectivity index (χ1v) is 9.15. The summed E-state index contributed by atoms with van der Waals surface area (Å²) in [5.74, 6) is -0.613. The van der Waals surface area contributed by atoms with Crippen LogP contribution >= 0.6 is 0 Å². The number of nitrogens with one attached hydrogen (secondary N) is 1. The average Bonchev–Trinajstić information content (AvgIpc) is 3.13. The second-order valence-corrected chi connectivity index (χ2v) is 6.54. The highest BCUT2D eigenvalue weighted by atomic mass is 16.5. The molecule has 28 heavy (non-hydrogen) atoms. The molecule has 1 fully saturated rings. The van der Waals surface area contributed by atoms with Crippen molar-refractivity contribution >= 4 is 23.5 Å². The molecule has 2 aromatic rings. The van der Waals surface area contributed by atoms with Crippen molar-refractivity contribution in [3.63, 3.8) is 0 Å². The summed E-state index contributed by atoms with van der Waals surface area (Å²) in [7, 11) is 0. The van der Waals surface area contributed by atoms with E-state index in [1.165, 1.54) is 6.07 Å². The fourth-order valence-corrected chi connectivity index (χ4v) is 3.07. The Kier molecular flexibility index (Phi) is 6.26. The van der Waals surface area contributed by atoms with Crippen LogP contribution in [0.1, 0.15) is 28.8 Å². The Morgan fingerprint density at radius 3 is 2.71 bits per heavy atom. The summed E-state index contributed by atoms with van der Waals surface area (Å²) in [5.41, 5.74) is 1.84. The topological polar surface area (TPSA) is 95.9 Å². The van der Waals surface area contributed by atoms with Gasteiger partial charge in [-0.3, -0.25) is 9.59 Å². The second-order valence-electron chi connectivity index (χ2n) is 6.54. The molecule has 3 rings (SSSR count). The highest BCUT2D eigenvalue weighted by Gasteiger charge is 2.21. The molecule has 146 valence electrons. The number of nitrogens with zero attached hydrogens (tertiary/aromatic N) is 1. The fraction of sp³-hybridized carbons (Fsp3) is 0.286. The van der Waals surface area contributed by atoms with Crippen LogP contribution in [0.5, 0.6) is 5.75 Å². The molecule has 0 spiro atoms. The first-order valence-electron chi connectivity index (χ1n) is 9.15. The molecule has 1 aliphatic heterocycles. The van der Waals surface area contributed by atoms with Gasteiger partial charge < -0.3 is 20.1 Å². The first-order chi connectivity index (χ1) is 13.5. The third kappa shape index (κ3) is 5.09. The Morgan fingerprint density at radius 2 is 1.96 bits per heavy atom. The lowest BCUT2D eigenvalue weighted by atomic mass is 10.1. The Hall–Kier alpha value is -3.35. The van der Waals surface area contributed by atoms with E-state index >= 15 is 0 Å². The van der Waals surface area contributed by atoms with Gasteiger partial charge in [-0.2, -0.15) is 0 Å². The molecule has 0 bridgehead atoms. The largest absolute Gasteiger partial charge is 0.484 e. The Labute approximate surface area is 162 Å². The van der Waals surface area contributed by atoms with Crippen LogP contribution in [0.3, 0.4) is 0 Å². The van der Waals surface area contributed by atoms with Gasteiger partial charge in [-0.25, -0.2) is 4.79 Å². The van der Waals surface area contributed by atoms with Crippen molar-refractivity contribution in [3.8, 4) is 5.75 Å². The molecule has 0 radical (unpaired) electrons. The number of rotatable bonds is 8. The smallest absolute Gasteiger partial charge is 0.335 e. The van der Waals surface area contributed by atoms with E-state index in [-0.39, 0.29) is 24.0 Å². The molecule has 0 unspecified atom stereocenters. The molecule has 2 aromatic carbocycles. The summed E-state index contributed by atoms with van der Waals surface area (Å²) < 4.78 is 5.53. The van der Waals surface area contributed by atoms with E-state index in [4.69, 9.17) is 9.84 Å². The van der Waals surface area contributed by atoms with E-state index in [1.54, 1.807) is 35.2 Å². The number of aromatic carboxylic acids is 1. The Morgan fingerprint density at radius 1 is 1.14 bits per heavy atom. The van der Waals surface area contributed by atoms with E-state index in [0.29, 0.717) is 31.7 Å². The van der Waals surface area contributed by atoms with Crippen LogP contribution in [-0.2, 0) is 16.0 Å². The zero-order chi connectivity index (χ0) is 19.9. The van der Waals surface area contributed by atoms with Crippen LogP contribution in [-0.4, -0.2) is 42.6 Å². The van der Waals surface area contributed by atoms with Crippen molar-refractivity contribution < 1.29 is 24.2 Å². The number of carbonyl (C=O) groups is 3. The third-order valence-corrected chi connectivity index (χ3v) is 4.48. The number of hydrogen-bond donors (Lipinski definition) is 2. The van der Waals surface area contributed by atoms with Crippen LogP contribution in [0.2, 0.25) is 0 Å². The van der Waals surface area contributed by atoms with E-state index in [1.807, 2.05) is 12.1 Å². The number of carboxylic acid groups (broad SMARTS) is 1. The van der Waals surface area contributed by atoms with Crippen molar-refractivity contribution in [3.05, 3.63) is 59.7 Å². The zero-order valence-corrected chi connectivity index (χ0v) is 15.4. The molecule has 1 heterocycles. The maximum absolute atomic E-state index is 12.0. The minimum atomic E-state index is -0.975. The number of anilines is 1. The van der Waals surface area contributed by atoms with E-state index in [2.05, 4.69) is 5.32 Å². The highest BCUT2D eigenvalue weighted by Crippen LogP contribution is 2.25. The monoisotopic (exact) mass is 382 g/mol. The molecule has 2 N–H and O–H groups in total. The Balaban J connectivity index is 1.45. The molecule has 1 saturated heterocycles.